The smallest absolute Gasteiger partial charge is 0.332 e. The van der Waals surface area contributed by atoms with Gasteiger partial charge in [0.25, 0.3) is 5.91 Å². The Morgan fingerprint density at radius 2 is 1.91 bits per heavy atom. The molecule has 242 valence electrons. The summed E-state index contributed by atoms with van der Waals surface area (Å²) < 4.78 is 6.13. The van der Waals surface area contributed by atoms with Gasteiger partial charge in [-0.15, -0.1) is 17.9 Å². The van der Waals surface area contributed by atoms with Gasteiger partial charge in [-0.25, -0.2) is 4.79 Å². The summed E-state index contributed by atoms with van der Waals surface area (Å²) in [6, 6.07) is 4.94. The van der Waals surface area contributed by atoms with E-state index >= 15 is 0 Å². The second kappa shape index (κ2) is 12.7. The first-order valence-corrected chi connectivity index (χ1v) is 16.7. The number of rotatable bonds is 11. The summed E-state index contributed by atoms with van der Waals surface area (Å²) in [5, 5.41) is 9.89. The van der Waals surface area contributed by atoms with Crippen molar-refractivity contribution in [3.63, 3.8) is 0 Å². The Morgan fingerprint density at radius 3 is 2.51 bits per heavy atom. The number of fused-ring (bicyclic) bond motifs is 1. The minimum absolute atomic E-state index is 0.0353. The first-order valence-electron chi connectivity index (χ1n) is 15.5. The molecule has 0 spiro atoms. The Kier molecular flexibility index (Phi) is 9.33. The number of nitrogens with zero attached hydrogens (tertiary/aromatic N) is 1. The van der Waals surface area contributed by atoms with E-state index in [9.17, 15) is 24.0 Å². The molecule has 5 atom stereocenters. The fourth-order valence-electron chi connectivity index (χ4n) is 6.03. The molecule has 4 amide bonds. The molecule has 10 nitrogen and oxygen atoms in total. The molecule has 1 saturated heterocycles. The third-order valence-corrected chi connectivity index (χ3v) is 10.5. The van der Waals surface area contributed by atoms with Crippen LogP contribution in [0.25, 0.3) is 10.1 Å². The van der Waals surface area contributed by atoms with Gasteiger partial charge < -0.3 is 25.6 Å². The van der Waals surface area contributed by atoms with E-state index in [0.29, 0.717) is 28.7 Å². The molecule has 5 rings (SSSR count). The Labute approximate surface area is 272 Å². The number of hydrogen-bond acceptors (Lipinski definition) is 7. The number of likely N-dealkylation sites (tertiary alicyclic amines) is 1. The Morgan fingerprint density at radius 1 is 1.20 bits per heavy atom. The summed E-state index contributed by atoms with van der Waals surface area (Å²) in [4.78, 5) is 69.2. The molecule has 45 heavy (non-hydrogen) atoms. The maximum Gasteiger partial charge on any atom is 0.332 e. The van der Waals surface area contributed by atoms with Crippen LogP contribution in [0, 0.1) is 17.3 Å². The first-order chi connectivity index (χ1) is 21.3. The van der Waals surface area contributed by atoms with Crippen molar-refractivity contribution in [2.75, 3.05) is 13.2 Å². The summed E-state index contributed by atoms with van der Waals surface area (Å²) in [7, 11) is 0. The van der Waals surface area contributed by atoms with E-state index in [0.717, 1.165) is 22.9 Å². The van der Waals surface area contributed by atoms with E-state index in [1.165, 1.54) is 16.2 Å². The average molecular weight is 657 g/mol. The molecule has 2 heterocycles. The predicted octanol–water partition coefficient (Wildman–Crippen LogP) is 4.21. The monoisotopic (exact) mass is 656 g/mol. The van der Waals surface area contributed by atoms with Crippen LogP contribution in [0.5, 0.6) is 0 Å². The van der Waals surface area contributed by atoms with Crippen LogP contribution in [0.15, 0.2) is 36.9 Å². The molecular formula is C33H41ClN4O6S. The molecule has 3 aliphatic rings. The predicted molar refractivity (Wildman–Crippen MR) is 173 cm³/mol. The van der Waals surface area contributed by atoms with E-state index in [1.54, 1.807) is 13.0 Å². The number of carbonyl (C=O) groups excluding carboxylic acids is 5. The van der Waals surface area contributed by atoms with E-state index in [4.69, 9.17) is 16.3 Å². The Hall–Kier alpha value is -3.44. The van der Waals surface area contributed by atoms with Crippen molar-refractivity contribution >= 4 is 62.6 Å². The number of amides is 4. The second-order valence-electron chi connectivity index (χ2n) is 13.4. The molecule has 3 fully saturated rings. The van der Waals surface area contributed by atoms with Gasteiger partial charge in [-0.05, 0) is 50.0 Å². The fourth-order valence-corrected chi connectivity index (χ4v) is 7.45. The SMILES string of the molecule is C=CC1CC1(NC(=O)C1CC(NC(=O)c2sc3ccccc3c2Cl)CN1C(=O)C(NC(=O)CC1CC1)C(C)(C)C)C(=O)OCC. The Bertz CT molecular complexity index is 1530. The highest BCUT2D eigenvalue weighted by Gasteiger charge is 2.62. The van der Waals surface area contributed by atoms with Gasteiger partial charge in [-0.2, -0.15) is 0 Å². The lowest BCUT2D eigenvalue weighted by Gasteiger charge is -2.35. The molecule has 5 unspecified atom stereocenters. The molecular weight excluding hydrogens is 616 g/mol. The van der Waals surface area contributed by atoms with Crippen LogP contribution in [-0.2, 0) is 23.9 Å². The normalized spacial score (nSPS) is 24.9. The zero-order chi connectivity index (χ0) is 32.7. The maximum absolute atomic E-state index is 14.2. The molecule has 12 heteroatoms. The third kappa shape index (κ3) is 6.89. The van der Waals surface area contributed by atoms with Crippen molar-refractivity contribution in [2.45, 2.75) is 83.5 Å². The summed E-state index contributed by atoms with van der Waals surface area (Å²) in [5.74, 6) is -2.09. The van der Waals surface area contributed by atoms with Crippen LogP contribution in [0.1, 0.15) is 69.5 Å². The topological polar surface area (TPSA) is 134 Å². The number of hydrogen-bond donors (Lipinski definition) is 3. The number of ether oxygens (including phenoxy) is 1. The van der Waals surface area contributed by atoms with Crippen molar-refractivity contribution in [3.05, 3.63) is 46.8 Å². The molecule has 0 bridgehead atoms. The van der Waals surface area contributed by atoms with E-state index in [-0.39, 0.29) is 31.4 Å². The van der Waals surface area contributed by atoms with Crippen molar-refractivity contribution in [1.29, 1.82) is 0 Å². The van der Waals surface area contributed by atoms with Crippen LogP contribution >= 0.6 is 22.9 Å². The number of esters is 1. The van der Waals surface area contributed by atoms with Gasteiger partial charge in [-0.3, -0.25) is 19.2 Å². The molecule has 2 aliphatic carbocycles. The van der Waals surface area contributed by atoms with E-state index < -0.39 is 52.8 Å². The maximum atomic E-state index is 14.2. The highest BCUT2D eigenvalue weighted by Crippen LogP contribution is 2.46. The number of nitrogens with one attached hydrogen (secondary N) is 3. The van der Waals surface area contributed by atoms with Crippen LogP contribution < -0.4 is 16.0 Å². The largest absolute Gasteiger partial charge is 0.464 e. The van der Waals surface area contributed by atoms with Gasteiger partial charge in [0.15, 0.2) is 0 Å². The molecule has 2 aromatic rings. The van der Waals surface area contributed by atoms with Crippen LogP contribution in [-0.4, -0.2) is 71.3 Å². The summed E-state index contributed by atoms with van der Waals surface area (Å²) in [6.07, 6.45) is 4.40. The number of thiophene rings is 1. The highest BCUT2D eigenvalue weighted by atomic mass is 35.5. The third-order valence-electron chi connectivity index (χ3n) is 8.84. The summed E-state index contributed by atoms with van der Waals surface area (Å²) in [6.45, 7) is 11.2. The average Bonchev–Trinajstić information content (AvgIpc) is 3.87. The van der Waals surface area contributed by atoms with Gasteiger partial charge in [0.1, 0.15) is 22.5 Å². The quantitative estimate of drug-likeness (QED) is 0.245. The van der Waals surface area contributed by atoms with Crippen LogP contribution in [0.2, 0.25) is 5.02 Å². The minimum atomic E-state index is -1.25. The summed E-state index contributed by atoms with van der Waals surface area (Å²) >= 11 is 7.84. The van der Waals surface area contributed by atoms with E-state index in [2.05, 4.69) is 22.5 Å². The molecule has 0 radical (unpaired) electrons. The zero-order valence-electron chi connectivity index (χ0n) is 26.1. The first kappa shape index (κ1) is 32.9. The lowest BCUT2D eigenvalue weighted by atomic mass is 9.85. The van der Waals surface area contributed by atoms with Gasteiger partial charge in [0, 0.05) is 35.0 Å². The van der Waals surface area contributed by atoms with Gasteiger partial charge >= 0.3 is 5.97 Å². The van der Waals surface area contributed by atoms with Crippen molar-refractivity contribution in [1.82, 2.24) is 20.9 Å². The molecule has 1 aromatic heterocycles. The standard InChI is InChI=1S/C33H41ClN4O6S/c1-6-19-16-33(19,31(43)44-7-2)37-28(40)22-15-20(35-29(41)26-25(34)21-10-8-9-11-23(21)45-26)17-38(22)30(42)27(32(3,4)5)36-24(39)14-18-12-13-18/h6,8-11,18-20,22,27H,1,7,12-17H2,2-5H3,(H,35,41)(H,36,39)(H,37,40). The number of halogens is 1. The fraction of sp³-hybridized carbons (Fsp3) is 0.545. The van der Waals surface area contributed by atoms with Crippen molar-refractivity contribution in [3.8, 4) is 0 Å². The van der Waals surface area contributed by atoms with Crippen LogP contribution in [0.3, 0.4) is 0 Å². The number of carbonyl (C=O) groups is 5. The summed E-state index contributed by atoms with van der Waals surface area (Å²) in [5.41, 5.74) is -1.92. The molecule has 1 aliphatic heterocycles. The highest BCUT2D eigenvalue weighted by molar-refractivity contribution is 7.21. The molecule has 3 N–H and O–H groups in total. The molecule has 2 saturated carbocycles. The van der Waals surface area contributed by atoms with Gasteiger partial charge in [0.2, 0.25) is 17.7 Å². The lowest BCUT2D eigenvalue weighted by Crippen LogP contribution is -2.59. The molecule has 1 aromatic carbocycles. The van der Waals surface area contributed by atoms with E-state index in [1.807, 2.05) is 45.0 Å². The van der Waals surface area contributed by atoms with Gasteiger partial charge in [-0.1, -0.05) is 56.6 Å². The zero-order valence-corrected chi connectivity index (χ0v) is 27.7. The number of benzene rings is 1. The van der Waals surface area contributed by atoms with Crippen molar-refractivity contribution < 1.29 is 28.7 Å². The van der Waals surface area contributed by atoms with Gasteiger partial charge in [0.05, 0.1) is 11.6 Å². The minimum Gasteiger partial charge on any atom is -0.464 e. The van der Waals surface area contributed by atoms with Crippen molar-refractivity contribution in [2.24, 2.45) is 17.3 Å². The Balaban J connectivity index is 1.40. The lowest BCUT2D eigenvalue weighted by molar-refractivity contribution is -0.150. The second-order valence-corrected chi connectivity index (χ2v) is 14.8. The van der Waals surface area contributed by atoms with Crippen LogP contribution in [0.4, 0.5) is 0 Å².